The standard InChI is InChI=1S/C10H15N3O2/c1-7-8(6-12(2)11-7)9-4-3-5-13(9)10(14)15/h6,9H,3-5H2,1-2H3,(H,14,15)/t9-/m1/s1. The molecule has 0 unspecified atom stereocenters. The molecule has 5 nitrogen and oxygen atoms in total. The van der Waals surface area contributed by atoms with Crippen molar-refractivity contribution in [1.82, 2.24) is 14.7 Å². The molecule has 0 spiro atoms. The number of aryl methyl sites for hydroxylation is 2. The summed E-state index contributed by atoms with van der Waals surface area (Å²) >= 11 is 0. The maximum absolute atomic E-state index is 11.0. The van der Waals surface area contributed by atoms with Gasteiger partial charge in [-0.15, -0.1) is 0 Å². The molecule has 0 aromatic carbocycles. The monoisotopic (exact) mass is 209 g/mol. The van der Waals surface area contributed by atoms with Crippen molar-refractivity contribution in [3.8, 4) is 0 Å². The Labute approximate surface area is 88.3 Å². The summed E-state index contributed by atoms with van der Waals surface area (Å²) < 4.78 is 1.74. The molecule has 1 aliphatic rings. The third kappa shape index (κ3) is 1.69. The van der Waals surface area contributed by atoms with Crippen molar-refractivity contribution < 1.29 is 9.90 Å². The second kappa shape index (κ2) is 3.56. The lowest BCUT2D eigenvalue weighted by atomic mass is 10.1. The number of rotatable bonds is 1. The Morgan fingerprint density at radius 2 is 2.40 bits per heavy atom. The summed E-state index contributed by atoms with van der Waals surface area (Å²) in [6.07, 6.45) is 2.92. The van der Waals surface area contributed by atoms with Gasteiger partial charge in [0.05, 0.1) is 11.7 Å². The van der Waals surface area contributed by atoms with Gasteiger partial charge in [-0.3, -0.25) is 4.68 Å². The minimum Gasteiger partial charge on any atom is -0.465 e. The molecule has 15 heavy (non-hydrogen) atoms. The molecule has 0 aliphatic carbocycles. The van der Waals surface area contributed by atoms with Gasteiger partial charge in [0.2, 0.25) is 0 Å². The smallest absolute Gasteiger partial charge is 0.407 e. The summed E-state index contributed by atoms with van der Waals surface area (Å²) in [6.45, 7) is 2.56. The van der Waals surface area contributed by atoms with Crippen LogP contribution in [0.25, 0.3) is 0 Å². The maximum atomic E-state index is 11.0. The molecular formula is C10H15N3O2. The van der Waals surface area contributed by atoms with Gasteiger partial charge in [-0.05, 0) is 19.8 Å². The topological polar surface area (TPSA) is 58.4 Å². The quantitative estimate of drug-likeness (QED) is 0.763. The van der Waals surface area contributed by atoms with Crippen molar-refractivity contribution in [2.75, 3.05) is 6.54 Å². The Morgan fingerprint density at radius 1 is 1.67 bits per heavy atom. The van der Waals surface area contributed by atoms with Crippen molar-refractivity contribution in [2.24, 2.45) is 7.05 Å². The molecule has 1 fully saturated rings. The van der Waals surface area contributed by atoms with Gasteiger partial charge in [-0.25, -0.2) is 4.79 Å². The molecule has 1 aliphatic heterocycles. The van der Waals surface area contributed by atoms with Crippen LogP contribution in [0, 0.1) is 6.92 Å². The number of carbonyl (C=O) groups is 1. The molecule has 1 N–H and O–H groups in total. The van der Waals surface area contributed by atoms with Crippen LogP contribution in [0.4, 0.5) is 4.79 Å². The number of hydrogen-bond donors (Lipinski definition) is 1. The summed E-state index contributed by atoms with van der Waals surface area (Å²) in [6, 6.07) is -0.00352. The fraction of sp³-hybridized carbons (Fsp3) is 0.600. The van der Waals surface area contributed by atoms with Crippen LogP contribution in [-0.2, 0) is 7.05 Å². The van der Waals surface area contributed by atoms with E-state index in [1.54, 1.807) is 4.68 Å². The Kier molecular flexibility index (Phi) is 2.38. The summed E-state index contributed by atoms with van der Waals surface area (Å²) in [5.74, 6) is 0. The summed E-state index contributed by atoms with van der Waals surface area (Å²) in [4.78, 5) is 12.5. The number of amides is 1. The van der Waals surface area contributed by atoms with Crippen LogP contribution in [0.1, 0.15) is 30.1 Å². The lowest BCUT2D eigenvalue weighted by Crippen LogP contribution is -2.28. The van der Waals surface area contributed by atoms with Crippen molar-refractivity contribution in [3.05, 3.63) is 17.5 Å². The van der Waals surface area contributed by atoms with Gasteiger partial charge in [-0.1, -0.05) is 0 Å². The molecule has 0 bridgehead atoms. The fourth-order valence-electron chi connectivity index (χ4n) is 2.26. The van der Waals surface area contributed by atoms with E-state index in [-0.39, 0.29) is 6.04 Å². The highest BCUT2D eigenvalue weighted by atomic mass is 16.4. The van der Waals surface area contributed by atoms with Crippen LogP contribution < -0.4 is 0 Å². The Bertz CT molecular complexity index is 386. The zero-order valence-corrected chi connectivity index (χ0v) is 8.97. The molecule has 0 saturated carbocycles. The van der Waals surface area contributed by atoms with E-state index in [9.17, 15) is 4.79 Å². The zero-order valence-electron chi connectivity index (χ0n) is 8.97. The number of likely N-dealkylation sites (tertiary alicyclic amines) is 1. The minimum absolute atomic E-state index is 0.00352. The van der Waals surface area contributed by atoms with E-state index in [0.29, 0.717) is 6.54 Å². The summed E-state index contributed by atoms with van der Waals surface area (Å²) in [5, 5.41) is 13.3. The van der Waals surface area contributed by atoms with Gasteiger partial charge >= 0.3 is 6.09 Å². The number of hydrogen-bond acceptors (Lipinski definition) is 2. The van der Waals surface area contributed by atoms with E-state index < -0.39 is 6.09 Å². The van der Waals surface area contributed by atoms with Crippen LogP contribution in [-0.4, -0.2) is 32.4 Å². The molecular weight excluding hydrogens is 194 g/mol. The van der Waals surface area contributed by atoms with Crippen molar-refractivity contribution in [2.45, 2.75) is 25.8 Å². The van der Waals surface area contributed by atoms with Crippen LogP contribution in [0.2, 0.25) is 0 Å². The van der Waals surface area contributed by atoms with Gasteiger partial charge in [0.1, 0.15) is 0 Å². The fourth-order valence-corrected chi connectivity index (χ4v) is 2.26. The number of aromatic nitrogens is 2. The molecule has 1 aromatic rings. The lowest BCUT2D eigenvalue weighted by molar-refractivity contribution is 0.140. The molecule has 1 amide bonds. The van der Waals surface area contributed by atoms with E-state index in [1.165, 1.54) is 4.90 Å². The third-order valence-corrected chi connectivity index (χ3v) is 2.91. The molecule has 1 saturated heterocycles. The molecule has 2 heterocycles. The molecule has 82 valence electrons. The van der Waals surface area contributed by atoms with Gasteiger partial charge in [0.25, 0.3) is 0 Å². The van der Waals surface area contributed by atoms with Crippen LogP contribution in [0.5, 0.6) is 0 Å². The Balaban J connectivity index is 2.30. The van der Waals surface area contributed by atoms with E-state index in [2.05, 4.69) is 5.10 Å². The SMILES string of the molecule is Cc1nn(C)cc1[C@H]1CCCN1C(=O)O. The highest BCUT2D eigenvalue weighted by Crippen LogP contribution is 2.33. The molecule has 1 atom stereocenters. The van der Waals surface area contributed by atoms with E-state index in [4.69, 9.17) is 5.11 Å². The summed E-state index contributed by atoms with van der Waals surface area (Å²) in [7, 11) is 1.86. The highest BCUT2D eigenvalue weighted by Gasteiger charge is 2.31. The average Bonchev–Trinajstić information content (AvgIpc) is 2.71. The zero-order chi connectivity index (χ0) is 11.0. The number of carboxylic acid groups (broad SMARTS) is 1. The van der Waals surface area contributed by atoms with Crippen molar-refractivity contribution in [1.29, 1.82) is 0 Å². The first-order valence-electron chi connectivity index (χ1n) is 5.09. The summed E-state index contributed by atoms with van der Waals surface area (Å²) in [5.41, 5.74) is 1.97. The predicted octanol–water partition coefficient (Wildman–Crippen LogP) is 1.54. The van der Waals surface area contributed by atoms with Gasteiger partial charge < -0.3 is 10.0 Å². The first-order chi connectivity index (χ1) is 7.09. The molecule has 1 aromatic heterocycles. The first kappa shape index (κ1) is 10.0. The second-order valence-electron chi connectivity index (χ2n) is 3.98. The third-order valence-electron chi connectivity index (χ3n) is 2.91. The van der Waals surface area contributed by atoms with Crippen molar-refractivity contribution in [3.63, 3.8) is 0 Å². The van der Waals surface area contributed by atoms with Crippen LogP contribution in [0.15, 0.2) is 6.20 Å². The van der Waals surface area contributed by atoms with Crippen molar-refractivity contribution >= 4 is 6.09 Å². The largest absolute Gasteiger partial charge is 0.465 e. The van der Waals surface area contributed by atoms with Gasteiger partial charge in [0, 0.05) is 25.4 Å². The van der Waals surface area contributed by atoms with E-state index >= 15 is 0 Å². The van der Waals surface area contributed by atoms with Gasteiger partial charge in [0.15, 0.2) is 0 Å². The molecule has 5 heteroatoms. The average molecular weight is 209 g/mol. The number of nitrogens with zero attached hydrogens (tertiary/aromatic N) is 3. The van der Waals surface area contributed by atoms with Gasteiger partial charge in [-0.2, -0.15) is 5.10 Å². The van der Waals surface area contributed by atoms with Crippen LogP contribution >= 0.6 is 0 Å². The molecule has 2 rings (SSSR count). The Morgan fingerprint density at radius 3 is 2.93 bits per heavy atom. The van der Waals surface area contributed by atoms with E-state index in [1.807, 2.05) is 20.2 Å². The second-order valence-corrected chi connectivity index (χ2v) is 3.98. The lowest BCUT2D eigenvalue weighted by Gasteiger charge is -2.20. The van der Waals surface area contributed by atoms with Crippen LogP contribution in [0.3, 0.4) is 0 Å². The highest BCUT2D eigenvalue weighted by molar-refractivity contribution is 5.66. The predicted molar refractivity (Wildman–Crippen MR) is 54.7 cm³/mol. The minimum atomic E-state index is -0.833. The molecule has 0 radical (unpaired) electrons. The Hall–Kier alpha value is -1.52. The first-order valence-corrected chi connectivity index (χ1v) is 5.09. The normalized spacial score (nSPS) is 20.9. The maximum Gasteiger partial charge on any atom is 0.407 e. The van der Waals surface area contributed by atoms with E-state index in [0.717, 1.165) is 24.1 Å².